The maximum absolute atomic E-state index is 12.4. The van der Waals surface area contributed by atoms with Gasteiger partial charge in [-0.15, -0.1) is 0 Å². The molecule has 3 rings (SSSR count). The second kappa shape index (κ2) is 12.8. The molecule has 0 aromatic heterocycles. The standard InChI is InChI=1S/C30H29N3O5/c1-30(2,3)29(37)31-24-17-14-23(15-18-24)28(36)33-32-26(34)19-16-22-11-7-8-12-25(22)38-27(35)20-13-21-9-5-4-6-10-21/h4-20H,1-3H3,(H,31,37)(H,32,34)(H,33,36)/b19-16+,20-13+. The van der Waals surface area contributed by atoms with Crippen molar-refractivity contribution in [2.24, 2.45) is 5.41 Å². The highest BCUT2D eigenvalue weighted by Crippen LogP contribution is 2.20. The van der Waals surface area contributed by atoms with Gasteiger partial charge in [0.25, 0.3) is 11.8 Å². The van der Waals surface area contributed by atoms with Crippen molar-refractivity contribution in [1.29, 1.82) is 0 Å². The van der Waals surface area contributed by atoms with E-state index in [2.05, 4.69) is 16.2 Å². The number of ether oxygens (including phenoxy) is 1. The molecule has 0 radical (unpaired) electrons. The number of benzene rings is 3. The van der Waals surface area contributed by atoms with Crippen molar-refractivity contribution < 1.29 is 23.9 Å². The molecule has 0 atom stereocenters. The maximum Gasteiger partial charge on any atom is 0.336 e. The highest BCUT2D eigenvalue weighted by atomic mass is 16.5. The molecule has 0 aliphatic rings. The van der Waals surface area contributed by atoms with E-state index >= 15 is 0 Å². The summed E-state index contributed by atoms with van der Waals surface area (Å²) >= 11 is 0. The van der Waals surface area contributed by atoms with Gasteiger partial charge in [-0.25, -0.2) is 4.79 Å². The molecule has 3 amide bonds. The van der Waals surface area contributed by atoms with Gasteiger partial charge in [-0.2, -0.15) is 0 Å². The molecule has 194 valence electrons. The molecule has 0 unspecified atom stereocenters. The Hall–Kier alpha value is -4.98. The molecule has 3 N–H and O–H groups in total. The number of esters is 1. The van der Waals surface area contributed by atoms with Crippen molar-refractivity contribution in [3.63, 3.8) is 0 Å². The van der Waals surface area contributed by atoms with Crippen LogP contribution < -0.4 is 20.9 Å². The zero-order chi connectivity index (χ0) is 27.5. The molecule has 3 aromatic carbocycles. The van der Waals surface area contributed by atoms with E-state index in [-0.39, 0.29) is 11.7 Å². The number of para-hydroxylation sites is 1. The van der Waals surface area contributed by atoms with Crippen LogP contribution in [0.25, 0.3) is 12.2 Å². The molecule has 0 fully saturated rings. The lowest BCUT2D eigenvalue weighted by Crippen LogP contribution is -2.40. The summed E-state index contributed by atoms with van der Waals surface area (Å²) in [6, 6.07) is 22.4. The van der Waals surface area contributed by atoms with Gasteiger partial charge in [0, 0.05) is 34.4 Å². The Bertz CT molecular complexity index is 1350. The van der Waals surface area contributed by atoms with E-state index in [1.807, 2.05) is 30.3 Å². The number of carbonyl (C=O) groups excluding carboxylic acids is 4. The number of hydrogen-bond acceptors (Lipinski definition) is 5. The molecule has 8 heteroatoms. The normalized spacial score (nSPS) is 11.2. The van der Waals surface area contributed by atoms with Gasteiger partial charge in [0.2, 0.25) is 5.91 Å². The molecule has 3 aromatic rings. The van der Waals surface area contributed by atoms with Gasteiger partial charge in [-0.05, 0) is 48.0 Å². The van der Waals surface area contributed by atoms with Crippen molar-refractivity contribution in [3.8, 4) is 5.75 Å². The lowest BCUT2D eigenvalue weighted by Gasteiger charge is -2.17. The first-order valence-electron chi connectivity index (χ1n) is 11.9. The van der Waals surface area contributed by atoms with Gasteiger partial charge in [-0.3, -0.25) is 25.2 Å². The summed E-state index contributed by atoms with van der Waals surface area (Å²) < 4.78 is 5.40. The summed E-state index contributed by atoms with van der Waals surface area (Å²) in [5.74, 6) is -1.54. The first-order valence-corrected chi connectivity index (χ1v) is 11.9. The minimum Gasteiger partial charge on any atom is -0.423 e. The van der Waals surface area contributed by atoms with E-state index in [1.165, 1.54) is 30.4 Å². The van der Waals surface area contributed by atoms with Gasteiger partial charge >= 0.3 is 5.97 Å². The van der Waals surface area contributed by atoms with E-state index < -0.39 is 23.2 Å². The monoisotopic (exact) mass is 511 g/mol. The molecule has 0 aliphatic heterocycles. The largest absolute Gasteiger partial charge is 0.423 e. The summed E-state index contributed by atoms with van der Waals surface area (Å²) in [5.41, 5.74) is 6.30. The fourth-order valence-electron chi connectivity index (χ4n) is 3.00. The fraction of sp³-hybridized carbons (Fsp3) is 0.133. The summed E-state index contributed by atoms with van der Waals surface area (Å²) in [4.78, 5) is 48.9. The van der Waals surface area contributed by atoms with Crippen molar-refractivity contribution in [3.05, 3.63) is 108 Å². The Morgan fingerprint density at radius 2 is 1.39 bits per heavy atom. The quantitative estimate of drug-likeness (QED) is 0.183. The first-order chi connectivity index (χ1) is 18.1. The number of anilines is 1. The summed E-state index contributed by atoms with van der Waals surface area (Å²) in [5, 5.41) is 2.78. The Morgan fingerprint density at radius 3 is 2.08 bits per heavy atom. The van der Waals surface area contributed by atoms with Gasteiger partial charge in [0.05, 0.1) is 0 Å². The van der Waals surface area contributed by atoms with Crippen LogP contribution in [0.3, 0.4) is 0 Å². The SMILES string of the molecule is CC(C)(C)C(=O)Nc1ccc(C(=O)NNC(=O)/C=C/c2ccccc2OC(=O)/C=C/c2ccccc2)cc1. The second-order valence-corrected chi connectivity index (χ2v) is 9.26. The van der Waals surface area contributed by atoms with E-state index in [4.69, 9.17) is 4.74 Å². The van der Waals surface area contributed by atoms with Gasteiger partial charge in [-0.1, -0.05) is 69.3 Å². The Balaban J connectivity index is 1.53. The Morgan fingerprint density at radius 1 is 0.737 bits per heavy atom. The predicted octanol–water partition coefficient (Wildman–Crippen LogP) is 4.76. The van der Waals surface area contributed by atoms with Crippen LogP contribution in [-0.4, -0.2) is 23.7 Å². The zero-order valence-corrected chi connectivity index (χ0v) is 21.4. The van der Waals surface area contributed by atoms with Crippen LogP contribution in [0.2, 0.25) is 0 Å². The van der Waals surface area contributed by atoms with Crippen molar-refractivity contribution >= 4 is 41.5 Å². The first kappa shape index (κ1) is 27.6. The average molecular weight is 512 g/mol. The number of carbonyl (C=O) groups is 4. The molecule has 0 spiro atoms. The van der Waals surface area contributed by atoms with Crippen molar-refractivity contribution in [1.82, 2.24) is 10.9 Å². The number of rotatable bonds is 7. The van der Waals surface area contributed by atoms with E-state index in [9.17, 15) is 19.2 Å². The topological polar surface area (TPSA) is 114 Å². The minimum atomic E-state index is -0.586. The van der Waals surface area contributed by atoms with Crippen molar-refractivity contribution in [2.75, 3.05) is 5.32 Å². The lowest BCUT2D eigenvalue weighted by molar-refractivity contribution is -0.129. The number of amides is 3. The van der Waals surface area contributed by atoms with Gasteiger partial charge < -0.3 is 10.1 Å². The predicted molar refractivity (Wildman–Crippen MR) is 147 cm³/mol. The molecule has 0 saturated heterocycles. The van der Waals surface area contributed by atoms with Crippen LogP contribution in [0.1, 0.15) is 42.3 Å². The van der Waals surface area contributed by atoms with Crippen LogP contribution in [0.4, 0.5) is 5.69 Å². The van der Waals surface area contributed by atoms with Crippen LogP contribution in [0.5, 0.6) is 5.75 Å². The van der Waals surface area contributed by atoms with Gasteiger partial charge in [0.1, 0.15) is 5.75 Å². The number of nitrogens with one attached hydrogen (secondary N) is 3. The molecular formula is C30H29N3O5. The molecule has 0 saturated carbocycles. The highest BCUT2D eigenvalue weighted by molar-refractivity contribution is 5.99. The Kier molecular flexibility index (Phi) is 9.31. The third kappa shape index (κ3) is 8.60. The molecule has 0 heterocycles. The summed E-state index contributed by atoms with van der Waals surface area (Å²) in [6.45, 7) is 5.41. The molecule has 38 heavy (non-hydrogen) atoms. The second-order valence-electron chi connectivity index (χ2n) is 9.26. The van der Waals surface area contributed by atoms with E-state index in [0.717, 1.165) is 5.56 Å². The third-order valence-corrected chi connectivity index (χ3v) is 5.14. The Labute approximate surface area is 221 Å². The third-order valence-electron chi connectivity index (χ3n) is 5.14. The van der Waals surface area contributed by atoms with Crippen LogP contribution >= 0.6 is 0 Å². The maximum atomic E-state index is 12.4. The van der Waals surface area contributed by atoms with Crippen LogP contribution in [0.15, 0.2) is 91.0 Å². The molecule has 8 nitrogen and oxygen atoms in total. The van der Waals surface area contributed by atoms with Gasteiger partial charge in [0.15, 0.2) is 0 Å². The smallest absolute Gasteiger partial charge is 0.336 e. The van der Waals surface area contributed by atoms with Crippen LogP contribution in [-0.2, 0) is 14.4 Å². The van der Waals surface area contributed by atoms with E-state index in [1.54, 1.807) is 63.2 Å². The minimum absolute atomic E-state index is 0.145. The molecular weight excluding hydrogens is 482 g/mol. The zero-order valence-electron chi connectivity index (χ0n) is 21.4. The van der Waals surface area contributed by atoms with E-state index in [0.29, 0.717) is 16.8 Å². The molecule has 0 bridgehead atoms. The average Bonchev–Trinajstić information content (AvgIpc) is 2.90. The number of hydrazine groups is 1. The summed E-state index contributed by atoms with van der Waals surface area (Å²) in [7, 11) is 0. The summed E-state index contributed by atoms with van der Waals surface area (Å²) in [6.07, 6.45) is 5.64. The lowest BCUT2D eigenvalue weighted by atomic mass is 9.95. The van der Waals surface area contributed by atoms with Crippen molar-refractivity contribution in [2.45, 2.75) is 20.8 Å². The van der Waals surface area contributed by atoms with Crippen LogP contribution in [0, 0.1) is 5.41 Å². The fourth-order valence-corrected chi connectivity index (χ4v) is 3.00. The number of hydrogen-bond donors (Lipinski definition) is 3. The highest BCUT2D eigenvalue weighted by Gasteiger charge is 2.21. The molecule has 0 aliphatic carbocycles.